The molecule has 106 valence electrons. The summed E-state index contributed by atoms with van der Waals surface area (Å²) >= 11 is 0. The smallest absolute Gasteiger partial charge is 0.305 e. The summed E-state index contributed by atoms with van der Waals surface area (Å²) in [6.45, 7) is 1.79. The molecule has 6 nitrogen and oxygen atoms in total. The molecule has 1 saturated carbocycles. The second kappa shape index (κ2) is 5.87. The number of nitriles is 1. The number of carboxylic acids is 1. The number of nitrogens with one attached hydrogen (secondary N) is 1. The highest BCUT2D eigenvalue weighted by molar-refractivity contribution is 5.69. The Kier molecular flexibility index (Phi) is 4.18. The quantitative estimate of drug-likeness (QED) is 0.873. The molecule has 1 aromatic heterocycles. The average molecular weight is 274 g/mol. The fourth-order valence-corrected chi connectivity index (χ4v) is 2.78. The van der Waals surface area contributed by atoms with Gasteiger partial charge in [0.1, 0.15) is 11.8 Å². The first kappa shape index (κ1) is 14.3. The molecule has 1 aliphatic carbocycles. The summed E-state index contributed by atoms with van der Waals surface area (Å²) in [5.41, 5.74) is 0.492. The third kappa shape index (κ3) is 3.44. The van der Waals surface area contributed by atoms with Crippen LogP contribution in [-0.2, 0) is 4.79 Å². The van der Waals surface area contributed by atoms with Crippen LogP contribution in [0.1, 0.15) is 49.9 Å². The average Bonchev–Trinajstić information content (AvgIpc) is 2.37. The van der Waals surface area contributed by atoms with Gasteiger partial charge in [0.15, 0.2) is 0 Å². The Morgan fingerprint density at radius 2 is 2.15 bits per heavy atom. The number of anilines is 1. The largest absolute Gasteiger partial charge is 0.481 e. The zero-order valence-electron chi connectivity index (χ0n) is 11.5. The van der Waals surface area contributed by atoms with Gasteiger partial charge in [-0.05, 0) is 25.8 Å². The minimum atomic E-state index is -0.826. The molecule has 1 fully saturated rings. The third-order valence-electron chi connectivity index (χ3n) is 3.65. The highest BCUT2D eigenvalue weighted by Gasteiger charge is 2.35. The van der Waals surface area contributed by atoms with E-state index in [0.717, 1.165) is 32.1 Å². The number of hydrogen-bond acceptors (Lipinski definition) is 5. The lowest BCUT2D eigenvalue weighted by molar-refractivity contribution is -0.138. The van der Waals surface area contributed by atoms with Crippen molar-refractivity contribution in [3.8, 4) is 6.07 Å². The number of rotatable bonds is 4. The first-order chi connectivity index (χ1) is 9.53. The lowest BCUT2D eigenvalue weighted by Gasteiger charge is -2.37. The molecule has 0 saturated heterocycles. The number of aliphatic carboxylic acids is 1. The van der Waals surface area contributed by atoms with E-state index in [4.69, 9.17) is 10.4 Å². The number of hydrogen-bond donors (Lipinski definition) is 2. The lowest BCUT2D eigenvalue weighted by atomic mass is 9.79. The minimum absolute atomic E-state index is 0.0478. The van der Waals surface area contributed by atoms with Crippen molar-refractivity contribution in [2.75, 3.05) is 5.32 Å². The van der Waals surface area contributed by atoms with E-state index in [2.05, 4.69) is 15.3 Å². The maximum atomic E-state index is 11.1. The van der Waals surface area contributed by atoms with Crippen molar-refractivity contribution in [2.45, 2.75) is 51.0 Å². The first-order valence-electron chi connectivity index (χ1n) is 6.79. The summed E-state index contributed by atoms with van der Waals surface area (Å²) in [6, 6.07) is 3.60. The van der Waals surface area contributed by atoms with E-state index >= 15 is 0 Å². The molecule has 0 radical (unpaired) electrons. The van der Waals surface area contributed by atoms with Crippen molar-refractivity contribution in [3.63, 3.8) is 0 Å². The predicted octanol–water partition coefficient (Wildman–Crippen LogP) is 2.25. The van der Waals surface area contributed by atoms with Crippen molar-refractivity contribution in [2.24, 2.45) is 0 Å². The van der Waals surface area contributed by atoms with E-state index in [1.807, 2.05) is 6.07 Å². The van der Waals surface area contributed by atoms with Crippen molar-refractivity contribution in [1.82, 2.24) is 9.97 Å². The van der Waals surface area contributed by atoms with E-state index in [0.29, 0.717) is 17.3 Å². The molecule has 0 aliphatic heterocycles. The third-order valence-corrected chi connectivity index (χ3v) is 3.65. The van der Waals surface area contributed by atoms with Crippen LogP contribution in [-0.4, -0.2) is 26.6 Å². The van der Waals surface area contributed by atoms with Crippen LogP contribution in [0.3, 0.4) is 0 Å². The topological polar surface area (TPSA) is 98.9 Å². The van der Waals surface area contributed by atoms with Crippen LogP contribution in [0.15, 0.2) is 6.07 Å². The molecular formula is C14H18N4O2. The van der Waals surface area contributed by atoms with Crippen LogP contribution < -0.4 is 5.32 Å². The van der Waals surface area contributed by atoms with Gasteiger partial charge in [-0.3, -0.25) is 4.79 Å². The van der Waals surface area contributed by atoms with E-state index in [-0.39, 0.29) is 6.42 Å². The highest BCUT2D eigenvalue weighted by atomic mass is 16.4. The van der Waals surface area contributed by atoms with Gasteiger partial charge in [0.05, 0.1) is 12.0 Å². The zero-order chi connectivity index (χ0) is 14.6. The molecule has 1 aromatic rings. The van der Waals surface area contributed by atoms with Gasteiger partial charge in [-0.2, -0.15) is 5.26 Å². The summed E-state index contributed by atoms with van der Waals surface area (Å²) in [7, 11) is 0. The van der Waals surface area contributed by atoms with Crippen LogP contribution in [0.4, 0.5) is 5.95 Å². The number of nitrogens with zero attached hydrogens (tertiary/aromatic N) is 3. The van der Waals surface area contributed by atoms with Crippen LogP contribution in [0.5, 0.6) is 0 Å². The molecule has 2 N–H and O–H groups in total. The molecule has 0 aromatic carbocycles. The maximum absolute atomic E-state index is 11.1. The molecule has 1 aliphatic rings. The Morgan fingerprint density at radius 1 is 1.45 bits per heavy atom. The van der Waals surface area contributed by atoms with Crippen LogP contribution >= 0.6 is 0 Å². The van der Waals surface area contributed by atoms with Gasteiger partial charge in [0, 0.05) is 5.69 Å². The lowest BCUT2D eigenvalue weighted by Crippen LogP contribution is -2.43. The van der Waals surface area contributed by atoms with Crippen molar-refractivity contribution in [3.05, 3.63) is 17.5 Å². The second-order valence-corrected chi connectivity index (χ2v) is 5.37. The fourth-order valence-electron chi connectivity index (χ4n) is 2.78. The summed E-state index contributed by atoms with van der Waals surface area (Å²) in [6.07, 6.45) is 4.75. The Bertz CT molecular complexity index is 545. The highest BCUT2D eigenvalue weighted by Crippen LogP contribution is 2.33. The van der Waals surface area contributed by atoms with Crippen LogP contribution in [0.25, 0.3) is 0 Å². The predicted molar refractivity (Wildman–Crippen MR) is 73.2 cm³/mol. The van der Waals surface area contributed by atoms with E-state index < -0.39 is 11.5 Å². The fraction of sp³-hybridized carbons (Fsp3) is 0.571. The number of carbonyl (C=O) groups is 1. The Balaban J connectivity index is 2.25. The molecule has 1 heterocycles. The molecule has 2 rings (SSSR count). The minimum Gasteiger partial charge on any atom is -0.481 e. The molecule has 0 bridgehead atoms. The molecule has 0 amide bonds. The van der Waals surface area contributed by atoms with Gasteiger partial charge >= 0.3 is 5.97 Å². The van der Waals surface area contributed by atoms with E-state index in [1.54, 1.807) is 13.0 Å². The molecule has 20 heavy (non-hydrogen) atoms. The van der Waals surface area contributed by atoms with Gasteiger partial charge in [-0.1, -0.05) is 19.3 Å². The molecule has 0 atom stereocenters. The van der Waals surface area contributed by atoms with Gasteiger partial charge < -0.3 is 10.4 Å². The van der Waals surface area contributed by atoms with Gasteiger partial charge in [-0.15, -0.1) is 0 Å². The van der Waals surface area contributed by atoms with Gasteiger partial charge in [0.25, 0.3) is 0 Å². The number of aryl methyl sites for hydroxylation is 1. The van der Waals surface area contributed by atoms with E-state index in [1.165, 1.54) is 0 Å². The maximum Gasteiger partial charge on any atom is 0.305 e. The number of carboxylic acid groups (broad SMARTS) is 1. The Morgan fingerprint density at radius 3 is 2.75 bits per heavy atom. The summed E-state index contributed by atoms with van der Waals surface area (Å²) in [5.74, 6) is -0.475. The first-order valence-corrected chi connectivity index (χ1v) is 6.79. The SMILES string of the molecule is Cc1cc(C#N)nc(NC2(CC(=O)O)CCCCC2)n1. The molecule has 6 heteroatoms. The summed E-state index contributed by atoms with van der Waals surface area (Å²) < 4.78 is 0. The normalized spacial score (nSPS) is 17.2. The number of aromatic nitrogens is 2. The van der Waals surface area contributed by atoms with Gasteiger partial charge in [0.2, 0.25) is 5.95 Å². The molecule has 0 spiro atoms. The molecule has 0 unspecified atom stereocenters. The van der Waals surface area contributed by atoms with Crippen molar-refractivity contribution in [1.29, 1.82) is 5.26 Å². The summed E-state index contributed by atoms with van der Waals surface area (Å²) in [4.78, 5) is 19.5. The molecular weight excluding hydrogens is 256 g/mol. The van der Waals surface area contributed by atoms with Crippen LogP contribution in [0.2, 0.25) is 0 Å². The van der Waals surface area contributed by atoms with Crippen molar-refractivity contribution >= 4 is 11.9 Å². The standard InChI is InChI=1S/C14H18N4O2/c1-10-7-11(9-15)17-13(16-10)18-14(8-12(19)20)5-3-2-4-6-14/h7H,2-6,8H2,1H3,(H,19,20)(H,16,17,18). The monoisotopic (exact) mass is 274 g/mol. The van der Waals surface area contributed by atoms with Crippen LogP contribution in [0, 0.1) is 18.3 Å². The van der Waals surface area contributed by atoms with Crippen molar-refractivity contribution < 1.29 is 9.90 Å². The van der Waals surface area contributed by atoms with Gasteiger partial charge in [-0.25, -0.2) is 9.97 Å². The summed E-state index contributed by atoms with van der Waals surface area (Å²) in [5, 5.41) is 21.3. The Labute approximate surface area is 117 Å². The Hall–Kier alpha value is -2.16. The zero-order valence-corrected chi connectivity index (χ0v) is 11.5. The second-order valence-electron chi connectivity index (χ2n) is 5.37. The van der Waals surface area contributed by atoms with E-state index in [9.17, 15) is 4.79 Å².